The second kappa shape index (κ2) is 10.4. The van der Waals surface area contributed by atoms with Crippen LogP contribution in [0.25, 0.3) is 0 Å². The minimum atomic E-state index is -4.11. The molecule has 0 radical (unpaired) electrons. The van der Waals surface area contributed by atoms with Crippen molar-refractivity contribution in [2.75, 3.05) is 64.4 Å². The zero-order valence-electron chi connectivity index (χ0n) is 18.9. The molecule has 2 aliphatic rings. The number of benzene rings is 2. The Balaban J connectivity index is 1.62. The van der Waals surface area contributed by atoms with Crippen molar-refractivity contribution >= 4 is 27.5 Å². The molecule has 4 rings (SSSR count). The topological polar surface area (TPSA) is 114 Å². The van der Waals surface area contributed by atoms with Crippen LogP contribution in [0.4, 0.5) is 5.69 Å². The van der Waals surface area contributed by atoms with Crippen molar-refractivity contribution in [1.29, 1.82) is 0 Å². The maximum Gasteiger partial charge on any atom is 0.261 e. The van der Waals surface area contributed by atoms with E-state index in [2.05, 4.69) is 4.72 Å². The highest BCUT2D eigenvalue weighted by Gasteiger charge is 2.27. The lowest BCUT2D eigenvalue weighted by Crippen LogP contribution is -2.41. The molecule has 0 saturated carbocycles. The molecule has 10 nitrogen and oxygen atoms in total. The number of methoxy groups -OCH3 is 1. The van der Waals surface area contributed by atoms with Crippen LogP contribution in [0.15, 0.2) is 47.4 Å². The van der Waals surface area contributed by atoms with Gasteiger partial charge in [0.1, 0.15) is 5.75 Å². The Labute approximate surface area is 198 Å². The summed E-state index contributed by atoms with van der Waals surface area (Å²) < 4.78 is 44.9. The Morgan fingerprint density at radius 2 is 1.41 bits per heavy atom. The molecule has 0 aromatic heterocycles. The van der Waals surface area contributed by atoms with E-state index in [1.807, 2.05) is 0 Å². The Morgan fingerprint density at radius 1 is 0.853 bits per heavy atom. The van der Waals surface area contributed by atoms with Gasteiger partial charge < -0.3 is 24.0 Å². The monoisotopic (exact) mass is 489 g/mol. The molecule has 2 saturated heterocycles. The Hall–Kier alpha value is -3.15. The second-order valence-electron chi connectivity index (χ2n) is 7.82. The highest BCUT2D eigenvalue weighted by atomic mass is 32.2. The number of nitrogens with zero attached hydrogens (tertiary/aromatic N) is 2. The fraction of sp³-hybridized carbons (Fsp3) is 0.391. The number of sulfonamides is 1. The quantitative estimate of drug-likeness (QED) is 0.653. The minimum absolute atomic E-state index is 0.112. The number of hydrogen-bond acceptors (Lipinski definition) is 7. The van der Waals surface area contributed by atoms with Gasteiger partial charge in [-0.25, -0.2) is 8.42 Å². The molecular formula is C23H27N3O7S. The minimum Gasteiger partial charge on any atom is -0.496 e. The van der Waals surface area contributed by atoms with Gasteiger partial charge in [-0.05, 0) is 30.3 Å². The van der Waals surface area contributed by atoms with Crippen molar-refractivity contribution in [3.63, 3.8) is 0 Å². The molecule has 2 aromatic rings. The summed E-state index contributed by atoms with van der Waals surface area (Å²) in [4.78, 5) is 29.2. The van der Waals surface area contributed by atoms with Crippen LogP contribution in [0, 0.1) is 0 Å². The normalized spacial score (nSPS) is 16.7. The maximum atomic E-state index is 13.3. The molecule has 1 N–H and O–H groups in total. The number of morpholine rings is 2. The van der Waals surface area contributed by atoms with Crippen molar-refractivity contribution in [3.05, 3.63) is 53.6 Å². The molecule has 11 heteroatoms. The van der Waals surface area contributed by atoms with Gasteiger partial charge in [-0.3, -0.25) is 14.3 Å². The molecule has 2 aliphatic heterocycles. The van der Waals surface area contributed by atoms with Gasteiger partial charge in [-0.1, -0.05) is 12.1 Å². The molecule has 34 heavy (non-hydrogen) atoms. The summed E-state index contributed by atoms with van der Waals surface area (Å²) in [5.74, 6) is -0.335. The van der Waals surface area contributed by atoms with E-state index in [1.165, 1.54) is 31.4 Å². The molecule has 2 heterocycles. The number of nitrogens with one attached hydrogen (secondary N) is 1. The van der Waals surface area contributed by atoms with Crippen LogP contribution in [-0.4, -0.2) is 89.7 Å². The van der Waals surface area contributed by atoms with Crippen LogP contribution in [0.5, 0.6) is 5.75 Å². The molecule has 2 fully saturated rings. The second-order valence-corrected chi connectivity index (χ2v) is 9.50. The summed E-state index contributed by atoms with van der Waals surface area (Å²) in [6.45, 7) is 3.40. The highest BCUT2D eigenvalue weighted by molar-refractivity contribution is 7.92. The Morgan fingerprint density at radius 3 is 2.00 bits per heavy atom. The van der Waals surface area contributed by atoms with Gasteiger partial charge >= 0.3 is 0 Å². The molecule has 0 unspecified atom stereocenters. The first-order valence-electron chi connectivity index (χ1n) is 10.9. The number of rotatable bonds is 6. The van der Waals surface area contributed by atoms with Gasteiger partial charge in [0.2, 0.25) is 0 Å². The molecule has 0 spiro atoms. The van der Waals surface area contributed by atoms with Crippen LogP contribution >= 0.6 is 0 Å². The largest absolute Gasteiger partial charge is 0.496 e. The number of anilines is 1. The van der Waals surface area contributed by atoms with Gasteiger partial charge in [-0.2, -0.15) is 0 Å². The third-order valence-corrected chi connectivity index (χ3v) is 7.07. The van der Waals surface area contributed by atoms with Crippen molar-refractivity contribution in [2.45, 2.75) is 4.90 Å². The van der Waals surface area contributed by atoms with Gasteiger partial charge in [-0.15, -0.1) is 0 Å². The zero-order chi connectivity index (χ0) is 24.1. The van der Waals surface area contributed by atoms with Crippen molar-refractivity contribution in [3.8, 4) is 5.75 Å². The molecule has 0 bridgehead atoms. The predicted molar refractivity (Wildman–Crippen MR) is 124 cm³/mol. The average molecular weight is 490 g/mol. The summed E-state index contributed by atoms with van der Waals surface area (Å²) in [6.07, 6.45) is 0. The maximum absolute atomic E-state index is 13.3. The summed E-state index contributed by atoms with van der Waals surface area (Å²) in [5.41, 5.74) is 0.548. The van der Waals surface area contributed by atoms with E-state index in [0.717, 1.165) is 0 Å². The SMILES string of the molecule is COc1ccc(S(=O)(=O)Nc2ccccc2C(=O)N2CCOCC2)cc1C(=O)N1CCOCC1. The molecule has 2 aromatic carbocycles. The van der Waals surface area contributed by atoms with Crippen LogP contribution in [0.1, 0.15) is 20.7 Å². The molecule has 0 atom stereocenters. The van der Waals surface area contributed by atoms with Crippen molar-refractivity contribution in [2.24, 2.45) is 0 Å². The van der Waals surface area contributed by atoms with Crippen LogP contribution in [-0.2, 0) is 19.5 Å². The van der Waals surface area contributed by atoms with Gasteiger partial charge in [0.05, 0.1) is 55.2 Å². The lowest BCUT2D eigenvalue weighted by Gasteiger charge is -2.28. The summed E-state index contributed by atoms with van der Waals surface area (Å²) in [5, 5.41) is 0. The fourth-order valence-corrected chi connectivity index (χ4v) is 4.96. The summed E-state index contributed by atoms with van der Waals surface area (Å²) in [6, 6.07) is 10.6. The lowest BCUT2D eigenvalue weighted by atomic mass is 10.1. The average Bonchev–Trinajstić information content (AvgIpc) is 2.88. The summed E-state index contributed by atoms with van der Waals surface area (Å²) >= 11 is 0. The van der Waals surface area contributed by atoms with Gasteiger partial charge in [0, 0.05) is 26.2 Å². The van der Waals surface area contributed by atoms with Crippen LogP contribution < -0.4 is 9.46 Å². The molecule has 182 valence electrons. The first kappa shape index (κ1) is 24.0. The van der Waals surface area contributed by atoms with Crippen LogP contribution in [0.2, 0.25) is 0 Å². The van der Waals surface area contributed by atoms with E-state index in [0.29, 0.717) is 52.6 Å². The molecule has 0 aliphatic carbocycles. The van der Waals surface area contributed by atoms with E-state index in [1.54, 1.807) is 28.0 Å². The van der Waals surface area contributed by atoms with Crippen molar-refractivity contribution in [1.82, 2.24) is 9.80 Å². The third-order valence-electron chi connectivity index (χ3n) is 5.71. The number of para-hydroxylation sites is 1. The first-order valence-corrected chi connectivity index (χ1v) is 12.4. The zero-order valence-corrected chi connectivity index (χ0v) is 19.7. The fourth-order valence-electron chi connectivity index (χ4n) is 3.86. The number of carbonyl (C=O) groups is 2. The van der Waals surface area contributed by atoms with E-state index < -0.39 is 10.0 Å². The molecule has 2 amide bonds. The molecular weight excluding hydrogens is 462 g/mol. The highest BCUT2D eigenvalue weighted by Crippen LogP contribution is 2.27. The van der Waals surface area contributed by atoms with E-state index >= 15 is 0 Å². The standard InChI is InChI=1S/C23H27N3O7S/c1-31-21-7-6-17(16-19(21)23(28)26-10-14-33-15-11-26)34(29,30)24-20-5-3-2-4-18(20)22(27)25-8-12-32-13-9-25/h2-7,16,24H,8-15H2,1H3. The number of carbonyl (C=O) groups excluding carboxylic acids is 2. The number of hydrogen-bond donors (Lipinski definition) is 1. The Bertz CT molecular complexity index is 1160. The van der Waals surface area contributed by atoms with Crippen LogP contribution in [0.3, 0.4) is 0 Å². The third kappa shape index (κ3) is 5.16. The van der Waals surface area contributed by atoms with Gasteiger partial charge in [0.25, 0.3) is 21.8 Å². The lowest BCUT2D eigenvalue weighted by molar-refractivity contribution is 0.0300. The smallest absolute Gasteiger partial charge is 0.261 e. The van der Waals surface area contributed by atoms with Gasteiger partial charge in [0.15, 0.2) is 0 Å². The number of amides is 2. The first-order chi connectivity index (χ1) is 16.4. The van der Waals surface area contributed by atoms with E-state index in [-0.39, 0.29) is 39.3 Å². The van der Waals surface area contributed by atoms with Crippen molar-refractivity contribution < 1.29 is 32.2 Å². The number of ether oxygens (including phenoxy) is 3. The Kier molecular flexibility index (Phi) is 7.35. The predicted octanol–water partition coefficient (Wildman–Crippen LogP) is 1.44. The van der Waals surface area contributed by atoms with E-state index in [9.17, 15) is 18.0 Å². The van der Waals surface area contributed by atoms with E-state index in [4.69, 9.17) is 14.2 Å². The summed E-state index contributed by atoms with van der Waals surface area (Å²) in [7, 11) is -2.69.